The number of esters is 1. The van der Waals surface area contributed by atoms with E-state index in [4.69, 9.17) is 21.7 Å². The molecule has 140 valence electrons. The highest BCUT2D eigenvalue weighted by molar-refractivity contribution is 8.26. The van der Waals surface area contributed by atoms with Crippen LogP contribution >= 0.6 is 24.0 Å². The van der Waals surface area contributed by atoms with Crippen LogP contribution in [0.3, 0.4) is 0 Å². The molecule has 1 aromatic rings. The first kappa shape index (κ1) is 20.4. The van der Waals surface area contributed by atoms with Crippen LogP contribution in [0, 0.1) is 0 Å². The van der Waals surface area contributed by atoms with Gasteiger partial charge in [0.2, 0.25) is 0 Å². The smallest absolute Gasteiger partial charge is 0.307 e. The van der Waals surface area contributed by atoms with E-state index in [0.717, 1.165) is 5.56 Å². The SMILES string of the molecule is COc1ccccc1/C=C1/SC(=S)N(CCC(=O)OCCN(C)C)C1=O. The quantitative estimate of drug-likeness (QED) is 0.381. The molecule has 1 aliphatic heterocycles. The van der Waals surface area contributed by atoms with E-state index in [-0.39, 0.29) is 24.8 Å². The summed E-state index contributed by atoms with van der Waals surface area (Å²) < 4.78 is 10.9. The van der Waals surface area contributed by atoms with Crippen molar-refractivity contribution < 1.29 is 19.1 Å². The predicted molar refractivity (Wildman–Crippen MR) is 107 cm³/mol. The van der Waals surface area contributed by atoms with E-state index in [1.807, 2.05) is 43.3 Å². The third-order valence-corrected chi connectivity index (χ3v) is 5.02. The van der Waals surface area contributed by atoms with Gasteiger partial charge in [0.1, 0.15) is 16.7 Å². The van der Waals surface area contributed by atoms with Crippen molar-refractivity contribution in [3.8, 4) is 5.75 Å². The molecular formula is C18H22N2O4S2. The van der Waals surface area contributed by atoms with E-state index in [1.54, 1.807) is 13.2 Å². The zero-order chi connectivity index (χ0) is 19.1. The number of thiocarbonyl (C=S) groups is 1. The van der Waals surface area contributed by atoms with Crippen molar-refractivity contribution in [3.63, 3.8) is 0 Å². The van der Waals surface area contributed by atoms with Gasteiger partial charge >= 0.3 is 5.97 Å². The molecule has 6 nitrogen and oxygen atoms in total. The van der Waals surface area contributed by atoms with Crippen LogP contribution in [-0.2, 0) is 14.3 Å². The number of rotatable bonds is 8. The summed E-state index contributed by atoms with van der Waals surface area (Å²) in [4.78, 5) is 28.3. The van der Waals surface area contributed by atoms with Crippen LogP contribution in [0.25, 0.3) is 6.08 Å². The summed E-state index contributed by atoms with van der Waals surface area (Å²) in [6, 6.07) is 7.44. The second-order valence-corrected chi connectivity index (χ2v) is 7.52. The number of amides is 1. The van der Waals surface area contributed by atoms with Crippen molar-refractivity contribution >= 4 is 46.3 Å². The predicted octanol–water partition coefficient (Wildman–Crippen LogP) is 2.39. The molecule has 1 amide bonds. The molecule has 0 N–H and O–H groups in total. The van der Waals surface area contributed by atoms with Crippen LogP contribution < -0.4 is 4.74 Å². The summed E-state index contributed by atoms with van der Waals surface area (Å²) in [5.41, 5.74) is 0.804. The molecular weight excluding hydrogens is 372 g/mol. The number of methoxy groups -OCH3 is 1. The number of benzene rings is 1. The number of carbonyl (C=O) groups excluding carboxylic acids is 2. The van der Waals surface area contributed by atoms with E-state index < -0.39 is 0 Å². The molecule has 1 aromatic carbocycles. The second kappa shape index (κ2) is 9.70. The van der Waals surface area contributed by atoms with Crippen molar-refractivity contribution in [2.75, 3.05) is 40.9 Å². The van der Waals surface area contributed by atoms with Gasteiger partial charge in [-0.05, 0) is 26.2 Å². The highest BCUT2D eigenvalue weighted by Gasteiger charge is 2.32. The average molecular weight is 395 g/mol. The third-order valence-electron chi connectivity index (χ3n) is 3.64. The maximum Gasteiger partial charge on any atom is 0.307 e. The van der Waals surface area contributed by atoms with Gasteiger partial charge in [0, 0.05) is 18.7 Å². The Morgan fingerprint density at radius 3 is 2.77 bits per heavy atom. The normalized spacial score (nSPS) is 15.8. The number of ether oxygens (including phenoxy) is 2. The number of hydrogen-bond donors (Lipinski definition) is 0. The maximum atomic E-state index is 12.6. The van der Waals surface area contributed by atoms with E-state index in [0.29, 0.717) is 28.1 Å². The number of para-hydroxylation sites is 1. The lowest BCUT2D eigenvalue weighted by atomic mass is 10.2. The molecule has 0 radical (unpaired) electrons. The number of likely N-dealkylation sites (N-methyl/N-ethyl adjacent to an activating group) is 1. The van der Waals surface area contributed by atoms with Crippen molar-refractivity contribution in [3.05, 3.63) is 34.7 Å². The van der Waals surface area contributed by atoms with E-state index in [2.05, 4.69) is 0 Å². The molecule has 0 atom stereocenters. The zero-order valence-corrected chi connectivity index (χ0v) is 16.7. The van der Waals surface area contributed by atoms with Gasteiger partial charge in [-0.1, -0.05) is 42.2 Å². The van der Waals surface area contributed by atoms with Gasteiger partial charge in [-0.3, -0.25) is 14.5 Å². The van der Waals surface area contributed by atoms with Gasteiger partial charge in [-0.2, -0.15) is 0 Å². The molecule has 1 heterocycles. The van der Waals surface area contributed by atoms with Crippen molar-refractivity contribution in [2.45, 2.75) is 6.42 Å². The summed E-state index contributed by atoms with van der Waals surface area (Å²) in [7, 11) is 5.39. The zero-order valence-electron chi connectivity index (χ0n) is 15.1. The summed E-state index contributed by atoms with van der Waals surface area (Å²) in [5, 5.41) is 0. The molecule has 8 heteroatoms. The maximum absolute atomic E-state index is 12.6. The first-order valence-electron chi connectivity index (χ1n) is 8.11. The summed E-state index contributed by atoms with van der Waals surface area (Å²) in [5.74, 6) is 0.142. The van der Waals surface area contributed by atoms with Crippen LogP contribution in [0.4, 0.5) is 0 Å². The van der Waals surface area contributed by atoms with Crippen molar-refractivity contribution in [1.82, 2.24) is 9.80 Å². The Morgan fingerprint density at radius 2 is 2.08 bits per heavy atom. The Hall–Kier alpha value is -1.90. The molecule has 0 spiro atoms. The van der Waals surface area contributed by atoms with Crippen LogP contribution in [0.2, 0.25) is 0 Å². The summed E-state index contributed by atoms with van der Waals surface area (Å²) in [6.45, 7) is 1.21. The monoisotopic (exact) mass is 394 g/mol. The fourth-order valence-electron chi connectivity index (χ4n) is 2.24. The van der Waals surface area contributed by atoms with Gasteiger partial charge in [-0.15, -0.1) is 0 Å². The lowest BCUT2D eigenvalue weighted by Crippen LogP contribution is -2.31. The Bertz CT molecular complexity index is 719. The van der Waals surface area contributed by atoms with E-state index in [1.165, 1.54) is 16.7 Å². The minimum atomic E-state index is -0.338. The first-order valence-corrected chi connectivity index (χ1v) is 9.33. The standard InChI is InChI=1S/C18H22N2O4S2/c1-19(2)10-11-24-16(21)8-9-20-17(22)15(26-18(20)25)12-13-6-4-5-7-14(13)23-3/h4-7,12H,8-11H2,1-3H3/b15-12+. The Kier molecular flexibility index (Phi) is 7.62. The van der Waals surface area contributed by atoms with E-state index in [9.17, 15) is 9.59 Å². The number of carbonyl (C=O) groups is 2. The fourth-order valence-corrected chi connectivity index (χ4v) is 3.54. The topological polar surface area (TPSA) is 59.1 Å². The lowest BCUT2D eigenvalue weighted by Gasteiger charge is -2.14. The number of thioether (sulfide) groups is 1. The molecule has 1 aliphatic rings. The van der Waals surface area contributed by atoms with Gasteiger partial charge < -0.3 is 14.4 Å². The van der Waals surface area contributed by atoms with E-state index >= 15 is 0 Å². The number of hydrogen-bond acceptors (Lipinski definition) is 7. The highest BCUT2D eigenvalue weighted by Crippen LogP contribution is 2.34. The summed E-state index contributed by atoms with van der Waals surface area (Å²) >= 11 is 6.51. The van der Waals surface area contributed by atoms with Gasteiger partial charge in [0.05, 0.1) is 18.4 Å². The van der Waals surface area contributed by atoms with Gasteiger partial charge in [0.25, 0.3) is 5.91 Å². The van der Waals surface area contributed by atoms with Crippen molar-refractivity contribution in [1.29, 1.82) is 0 Å². The van der Waals surface area contributed by atoms with Gasteiger partial charge in [-0.25, -0.2) is 0 Å². The minimum Gasteiger partial charge on any atom is -0.496 e. The second-order valence-electron chi connectivity index (χ2n) is 5.85. The average Bonchev–Trinajstić information content (AvgIpc) is 2.86. The Balaban J connectivity index is 1.96. The van der Waals surface area contributed by atoms with Crippen molar-refractivity contribution in [2.24, 2.45) is 0 Å². The van der Waals surface area contributed by atoms with Crippen LogP contribution in [0.15, 0.2) is 29.2 Å². The van der Waals surface area contributed by atoms with Crippen LogP contribution in [-0.4, -0.2) is 66.9 Å². The Labute approximate surface area is 163 Å². The largest absolute Gasteiger partial charge is 0.496 e. The fraction of sp³-hybridized carbons (Fsp3) is 0.389. The molecule has 2 rings (SSSR count). The molecule has 0 aliphatic carbocycles. The molecule has 0 saturated carbocycles. The molecule has 0 aromatic heterocycles. The van der Waals surface area contributed by atoms with Gasteiger partial charge in [0.15, 0.2) is 0 Å². The molecule has 0 bridgehead atoms. The minimum absolute atomic E-state index is 0.113. The molecule has 1 fully saturated rings. The molecule has 0 unspecified atom stereocenters. The van der Waals surface area contributed by atoms with Crippen LogP contribution in [0.5, 0.6) is 5.75 Å². The molecule has 1 saturated heterocycles. The Morgan fingerprint density at radius 1 is 1.35 bits per heavy atom. The lowest BCUT2D eigenvalue weighted by molar-refractivity contribution is -0.144. The third kappa shape index (κ3) is 5.55. The van der Waals surface area contributed by atoms with Crippen LogP contribution in [0.1, 0.15) is 12.0 Å². The highest BCUT2D eigenvalue weighted by atomic mass is 32.2. The number of nitrogens with zero attached hydrogens (tertiary/aromatic N) is 2. The summed E-state index contributed by atoms with van der Waals surface area (Å²) in [6.07, 6.45) is 1.87. The first-order chi connectivity index (χ1) is 12.4. The molecule has 26 heavy (non-hydrogen) atoms.